The van der Waals surface area contributed by atoms with Crippen LogP contribution in [0.4, 0.5) is 0 Å². The first-order chi connectivity index (χ1) is 8.66. The van der Waals surface area contributed by atoms with Crippen molar-refractivity contribution in [3.63, 3.8) is 0 Å². The van der Waals surface area contributed by atoms with Crippen LogP contribution in [0.3, 0.4) is 0 Å². The van der Waals surface area contributed by atoms with E-state index in [1.165, 1.54) is 6.33 Å². The lowest BCUT2D eigenvalue weighted by molar-refractivity contribution is 0.0692. The zero-order valence-electron chi connectivity index (χ0n) is 9.14. The largest absolute Gasteiger partial charge is 0.506 e. The van der Waals surface area contributed by atoms with Gasteiger partial charge in [-0.15, -0.1) is 0 Å². The number of carboxylic acids is 1. The van der Waals surface area contributed by atoms with Gasteiger partial charge < -0.3 is 20.2 Å². The van der Waals surface area contributed by atoms with Gasteiger partial charge in [0.1, 0.15) is 11.4 Å². The van der Waals surface area contributed by atoms with Gasteiger partial charge in [0.15, 0.2) is 5.69 Å². The molecule has 0 amide bonds. The number of nitrogens with one attached hydrogen (secondary N) is 2. The number of H-pyrrole nitrogens is 2. The standard InChI is InChI=1S/C12H9N3O3/c16-8-3-1-2-6-4-7(15-9(6)8)10-11(12(17)18)14-5-13-10/h1-5,15-16H,(H,13,14)(H,17,18). The monoisotopic (exact) mass is 243 g/mol. The normalized spacial score (nSPS) is 10.9. The van der Waals surface area contributed by atoms with E-state index in [-0.39, 0.29) is 11.4 Å². The molecule has 3 rings (SSSR count). The minimum absolute atomic E-state index is 0.0149. The SMILES string of the molecule is O=C(O)c1[nH]cnc1-c1cc2cccc(O)c2[nH]1. The van der Waals surface area contributed by atoms with Crippen molar-refractivity contribution < 1.29 is 15.0 Å². The molecule has 4 N–H and O–H groups in total. The molecular weight excluding hydrogens is 234 g/mol. The molecular formula is C12H9N3O3. The molecule has 0 bridgehead atoms. The summed E-state index contributed by atoms with van der Waals surface area (Å²) < 4.78 is 0. The number of hydrogen-bond acceptors (Lipinski definition) is 3. The lowest BCUT2D eigenvalue weighted by atomic mass is 10.2. The first kappa shape index (κ1) is 10.4. The predicted octanol–water partition coefficient (Wildman–Crippen LogP) is 1.96. The minimum Gasteiger partial charge on any atom is -0.506 e. The molecule has 0 fully saturated rings. The van der Waals surface area contributed by atoms with Gasteiger partial charge in [-0.25, -0.2) is 9.78 Å². The summed E-state index contributed by atoms with van der Waals surface area (Å²) in [5, 5.41) is 19.5. The summed E-state index contributed by atoms with van der Waals surface area (Å²) in [6.07, 6.45) is 1.32. The highest BCUT2D eigenvalue weighted by molar-refractivity contribution is 5.95. The lowest BCUT2D eigenvalue weighted by Gasteiger charge is -1.95. The first-order valence-electron chi connectivity index (χ1n) is 5.24. The summed E-state index contributed by atoms with van der Waals surface area (Å²) in [4.78, 5) is 20.5. The van der Waals surface area contributed by atoms with Crippen molar-refractivity contribution in [2.75, 3.05) is 0 Å². The molecule has 0 aliphatic carbocycles. The molecule has 0 atom stereocenters. The molecule has 0 aliphatic rings. The van der Waals surface area contributed by atoms with Crippen LogP contribution < -0.4 is 0 Å². The molecule has 6 heteroatoms. The van der Waals surface area contributed by atoms with Crippen LogP contribution in [-0.4, -0.2) is 31.1 Å². The van der Waals surface area contributed by atoms with Crippen LogP contribution in [0.25, 0.3) is 22.3 Å². The van der Waals surface area contributed by atoms with Crippen molar-refractivity contribution in [2.24, 2.45) is 0 Å². The van der Waals surface area contributed by atoms with E-state index in [9.17, 15) is 9.90 Å². The van der Waals surface area contributed by atoms with Crippen LogP contribution in [0.2, 0.25) is 0 Å². The number of benzene rings is 1. The second-order valence-electron chi connectivity index (χ2n) is 3.86. The van der Waals surface area contributed by atoms with Crippen molar-refractivity contribution in [3.8, 4) is 17.1 Å². The highest BCUT2D eigenvalue weighted by atomic mass is 16.4. The van der Waals surface area contributed by atoms with Gasteiger partial charge in [0, 0.05) is 5.39 Å². The van der Waals surface area contributed by atoms with Gasteiger partial charge in [-0.1, -0.05) is 12.1 Å². The number of aromatic hydroxyl groups is 1. The van der Waals surface area contributed by atoms with Gasteiger partial charge in [0.05, 0.1) is 17.5 Å². The highest BCUT2D eigenvalue weighted by Crippen LogP contribution is 2.29. The van der Waals surface area contributed by atoms with Crippen LogP contribution >= 0.6 is 0 Å². The molecule has 2 aromatic heterocycles. The molecule has 18 heavy (non-hydrogen) atoms. The molecule has 90 valence electrons. The van der Waals surface area contributed by atoms with Crippen molar-refractivity contribution in [3.05, 3.63) is 36.3 Å². The number of rotatable bonds is 2. The van der Waals surface area contributed by atoms with Crippen LogP contribution in [0.5, 0.6) is 5.75 Å². The number of aromatic carboxylic acids is 1. The molecule has 2 heterocycles. The zero-order valence-corrected chi connectivity index (χ0v) is 9.14. The third-order valence-corrected chi connectivity index (χ3v) is 2.74. The molecule has 0 saturated heterocycles. The van der Waals surface area contributed by atoms with Gasteiger partial charge in [0.2, 0.25) is 0 Å². The van der Waals surface area contributed by atoms with Crippen molar-refractivity contribution in [2.45, 2.75) is 0 Å². The van der Waals surface area contributed by atoms with Crippen LogP contribution in [0.1, 0.15) is 10.5 Å². The molecule has 0 spiro atoms. The third-order valence-electron chi connectivity index (χ3n) is 2.74. The number of imidazole rings is 1. The Kier molecular flexibility index (Phi) is 2.09. The number of nitrogens with zero attached hydrogens (tertiary/aromatic N) is 1. The summed E-state index contributed by atoms with van der Waals surface area (Å²) in [6.45, 7) is 0. The number of carbonyl (C=O) groups is 1. The minimum atomic E-state index is -1.08. The number of para-hydroxylation sites is 1. The Labute approximate surface area is 101 Å². The number of phenols is 1. The molecule has 6 nitrogen and oxygen atoms in total. The lowest BCUT2D eigenvalue weighted by Crippen LogP contribution is -1.99. The summed E-state index contributed by atoms with van der Waals surface area (Å²) in [7, 11) is 0. The molecule has 1 aromatic carbocycles. The van der Waals surface area contributed by atoms with Crippen molar-refractivity contribution in [1.29, 1.82) is 0 Å². The Morgan fingerprint density at radius 2 is 2.17 bits per heavy atom. The van der Waals surface area contributed by atoms with E-state index in [1.807, 2.05) is 6.07 Å². The number of fused-ring (bicyclic) bond motifs is 1. The van der Waals surface area contributed by atoms with E-state index in [0.717, 1.165) is 5.39 Å². The number of hydrogen-bond donors (Lipinski definition) is 4. The molecule has 3 aromatic rings. The fraction of sp³-hybridized carbons (Fsp3) is 0. The number of carboxylic acid groups (broad SMARTS) is 1. The Hall–Kier alpha value is -2.76. The average Bonchev–Trinajstić information content (AvgIpc) is 2.95. The number of phenolic OH excluding ortho intramolecular Hbond substituents is 1. The Bertz CT molecular complexity index is 742. The predicted molar refractivity (Wildman–Crippen MR) is 64.5 cm³/mol. The van der Waals surface area contributed by atoms with Gasteiger partial charge >= 0.3 is 5.97 Å². The maximum atomic E-state index is 11.0. The Balaban J connectivity index is 2.23. The molecule has 0 saturated carbocycles. The summed E-state index contributed by atoms with van der Waals surface area (Å²) in [5.74, 6) is -0.962. The Morgan fingerprint density at radius 3 is 2.89 bits per heavy atom. The summed E-state index contributed by atoms with van der Waals surface area (Å²) in [5.41, 5.74) is 1.44. The topological polar surface area (TPSA) is 102 Å². The van der Waals surface area contributed by atoms with Crippen LogP contribution in [-0.2, 0) is 0 Å². The maximum absolute atomic E-state index is 11.0. The van der Waals surface area contributed by atoms with Gasteiger partial charge in [0.25, 0.3) is 0 Å². The highest BCUT2D eigenvalue weighted by Gasteiger charge is 2.16. The van der Waals surface area contributed by atoms with Crippen molar-refractivity contribution in [1.82, 2.24) is 15.0 Å². The summed E-state index contributed by atoms with van der Waals surface area (Å²) in [6, 6.07) is 6.85. The van der Waals surface area contributed by atoms with E-state index in [2.05, 4.69) is 15.0 Å². The first-order valence-corrected chi connectivity index (χ1v) is 5.24. The second kappa shape index (κ2) is 3.63. The quantitative estimate of drug-likeness (QED) is 0.552. The number of aromatic amines is 2. The fourth-order valence-corrected chi connectivity index (χ4v) is 1.93. The second-order valence-corrected chi connectivity index (χ2v) is 3.86. The van der Waals surface area contributed by atoms with E-state index < -0.39 is 5.97 Å². The van der Waals surface area contributed by atoms with Crippen LogP contribution in [0.15, 0.2) is 30.6 Å². The smallest absolute Gasteiger partial charge is 0.354 e. The Morgan fingerprint density at radius 1 is 1.33 bits per heavy atom. The van der Waals surface area contributed by atoms with Crippen molar-refractivity contribution >= 4 is 16.9 Å². The third kappa shape index (κ3) is 1.43. The van der Waals surface area contributed by atoms with E-state index >= 15 is 0 Å². The zero-order chi connectivity index (χ0) is 12.7. The summed E-state index contributed by atoms with van der Waals surface area (Å²) >= 11 is 0. The van der Waals surface area contributed by atoms with Gasteiger partial charge in [-0.3, -0.25) is 0 Å². The average molecular weight is 243 g/mol. The maximum Gasteiger partial charge on any atom is 0.354 e. The van der Waals surface area contributed by atoms with E-state index in [4.69, 9.17) is 5.11 Å². The van der Waals surface area contributed by atoms with Crippen LogP contribution in [0, 0.1) is 0 Å². The molecule has 0 radical (unpaired) electrons. The fourth-order valence-electron chi connectivity index (χ4n) is 1.93. The van der Waals surface area contributed by atoms with E-state index in [0.29, 0.717) is 16.9 Å². The molecule has 0 unspecified atom stereocenters. The van der Waals surface area contributed by atoms with E-state index in [1.54, 1.807) is 18.2 Å². The molecule has 0 aliphatic heterocycles. The van der Waals surface area contributed by atoms with Gasteiger partial charge in [-0.05, 0) is 12.1 Å². The number of aromatic nitrogens is 3. The van der Waals surface area contributed by atoms with Gasteiger partial charge in [-0.2, -0.15) is 0 Å².